The molecule has 0 radical (unpaired) electrons. The van der Waals surface area contributed by atoms with Crippen molar-refractivity contribution < 1.29 is 38.1 Å². The lowest BCUT2D eigenvalue weighted by atomic mass is 10.2. The molecule has 0 aliphatic carbocycles. The van der Waals surface area contributed by atoms with E-state index in [0.29, 0.717) is 12.0 Å². The molecule has 0 aliphatic rings. The van der Waals surface area contributed by atoms with Gasteiger partial charge in [-0.05, 0) is 0 Å². The fraction of sp³-hybridized carbons (Fsp3) is 0.125. The van der Waals surface area contributed by atoms with Gasteiger partial charge in [0.25, 0.3) is 0 Å². The molecule has 2 rings (SSSR count). The van der Waals surface area contributed by atoms with Crippen molar-refractivity contribution in [2.75, 3.05) is 14.2 Å². The van der Waals surface area contributed by atoms with Crippen molar-refractivity contribution in [3.63, 3.8) is 0 Å². The summed E-state index contributed by atoms with van der Waals surface area (Å²) in [6, 6.07) is 4.23. The first kappa shape index (κ1) is 26.3. The lowest BCUT2D eigenvalue weighted by molar-refractivity contribution is 0.110. The molecule has 0 fully saturated rings. The average molecular weight is 591 g/mol. The highest BCUT2D eigenvalue weighted by atomic mass is 79.9. The monoisotopic (exact) mass is 588 g/mol. The van der Waals surface area contributed by atoms with E-state index in [9.17, 15) is 18.4 Å². The summed E-state index contributed by atoms with van der Waals surface area (Å²) in [6.07, 6.45) is 0.595. The highest BCUT2D eigenvalue weighted by Crippen LogP contribution is 2.26. The minimum atomic E-state index is -0.933. The SMILES string of the molecule is BrB(Br)Br.COc1cc(F)c(C=O)c(OC)c1.O=Cc1c(O)cc(O)cc1F. The molecule has 0 spiro atoms. The molecule has 6 nitrogen and oxygen atoms in total. The van der Waals surface area contributed by atoms with Crippen LogP contribution >= 0.6 is 47.3 Å². The Morgan fingerprint density at radius 1 is 0.893 bits per heavy atom. The smallest absolute Gasteiger partial charge is 0.369 e. The van der Waals surface area contributed by atoms with Gasteiger partial charge in [-0.25, -0.2) is 8.78 Å². The number of phenols is 2. The van der Waals surface area contributed by atoms with Crippen molar-refractivity contribution in [3.8, 4) is 23.0 Å². The number of hydrogen-bond donors (Lipinski definition) is 2. The molecular weight excluding hydrogens is 577 g/mol. The molecule has 0 bridgehead atoms. The number of ether oxygens (including phenoxy) is 2. The molecule has 12 heteroatoms. The molecule has 28 heavy (non-hydrogen) atoms. The number of aromatic hydroxyl groups is 2. The molecule has 0 saturated carbocycles. The first-order valence-corrected chi connectivity index (χ1v) is 9.81. The standard InChI is InChI=1S/C9H9FO3.C7H5FO3.BBr3/c1-12-6-3-8(10)7(5-11)9(4-6)13-2;8-6-1-4(10)2-7(11)5(6)3-9;2-1(3)4/h3-5H,1-2H3;1-3,10-11H;. The second-order valence-electron chi connectivity index (χ2n) is 4.57. The van der Waals surface area contributed by atoms with Gasteiger partial charge in [0.2, 0.25) is 0 Å². The van der Waals surface area contributed by atoms with E-state index in [2.05, 4.69) is 47.3 Å². The maximum absolute atomic E-state index is 13.1. The first-order valence-electron chi connectivity index (χ1n) is 7.06. The van der Waals surface area contributed by atoms with Crippen LogP contribution in [0.2, 0.25) is 0 Å². The molecule has 0 aromatic heterocycles. The van der Waals surface area contributed by atoms with Crippen LogP contribution in [0, 0.1) is 11.6 Å². The minimum Gasteiger partial charge on any atom is -0.508 e. The third kappa shape index (κ3) is 9.02. The van der Waals surface area contributed by atoms with Crippen LogP contribution < -0.4 is 9.47 Å². The number of carbonyl (C=O) groups is 2. The van der Waals surface area contributed by atoms with Gasteiger partial charge in [0.15, 0.2) is 12.6 Å². The Morgan fingerprint density at radius 2 is 1.39 bits per heavy atom. The van der Waals surface area contributed by atoms with Crippen molar-refractivity contribution in [3.05, 3.63) is 47.0 Å². The predicted octanol–water partition coefficient (Wildman–Crippen LogP) is 4.86. The third-order valence-corrected chi connectivity index (χ3v) is 2.85. The summed E-state index contributed by atoms with van der Waals surface area (Å²) in [5.74, 6) is -2.06. The van der Waals surface area contributed by atoms with E-state index in [4.69, 9.17) is 19.7 Å². The molecule has 2 aromatic rings. The van der Waals surface area contributed by atoms with Gasteiger partial charge in [-0.3, -0.25) is 9.59 Å². The Hall–Kier alpha value is -1.66. The summed E-state index contributed by atoms with van der Waals surface area (Å²) in [4.78, 5) is 20.5. The van der Waals surface area contributed by atoms with Crippen LogP contribution in [0.5, 0.6) is 23.0 Å². The van der Waals surface area contributed by atoms with Gasteiger partial charge in [-0.2, -0.15) is 0 Å². The topological polar surface area (TPSA) is 93.1 Å². The van der Waals surface area contributed by atoms with Crippen molar-refractivity contribution in [2.45, 2.75) is 0 Å². The molecule has 0 saturated heterocycles. The summed E-state index contributed by atoms with van der Waals surface area (Å²) in [5.41, 5.74) is -0.536. The van der Waals surface area contributed by atoms with Gasteiger partial charge < -0.3 is 19.7 Å². The van der Waals surface area contributed by atoms with E-state index in [1.165, 1.54) is 20.3 Å². The molecule has 2 N–H and O–H groups in total. The Labute approximate surface area is 184 Å². The van der Waals surface area contributed by atoms with E-state index >= 15 is 0 Å². The van der Waals surface area contributed by atoms with E-state index in [-0.39, 0.29) is 20.8 Å². The first-order chi connectivity index (χ1) is 13.1. The van der Waals surface area contributed by atoms with Crippen molar-refractivity contribution in [1.29, 1.82) is 0 Å². The summed E-state index contributed by atoms with van der Waals surface area (Å²) in [7, 11) is 2.77. The predicted molar refractivity (Wildman–Crippen MR) is 113 cm³/mol. The number of phenolic OH excluding ortho intramolecular Hbond substituents is 2. The lowest BCUT2D eigenvalue weighted by Crippen LogP contribution is -1.96. The van der Waals surface area contributed by atoms with Gasteiger partial charge in [0.05, 0.1) is 25.3 Å². The van der Waals surface area contributed by atoms with Crippen LogP contribution in [-0.2, 0) is 0 Å². The zero-order chi connectivity index (χ0) is 21.9. The van der Waals surface area contributed by atoms with Crippen molar-refractivity contribution in [2.24, 2.45) is 0 Å². The van der Waals surface area contributed by atoms with Gasteiger partial charge in [-0.1, -0.05) is 0 Å². The van der Waals surface area contributed by atoms with Crippen LogP contribution in [0.15, 0.2) is 24.3 Å². The molecule has 2 aromatic carbocycles. The van der Waals surface area contributed by atoms with Gasteiger partial charge in [-0.15, -0.1) is 47.3 Å². The van der Waals surface area contributed by atoms with E-state index in [1.807, 2.05) is 0 Å². The summed E-state index contributed by atoms with van der Waals surface area (Å²) in [6.45, 7) is 0. The van der Waals surface area contributed by atoms with E-state index < -0.39 is 28.7 Å². The normalized spacial score (nSPS) is 9.11. The van der Waals surface area contributed by atoms with Crippen LogP contribution in [0.1, 0.15) is 20.7 Å². The van der Waals surface area contributed by atoms with Crippen LogP contribution in [-0.4, -0.2) is 40.2 Å². The Balaban J connectivity index is 0.000000442. The minimum absolute atomic E-state index is 0.0942. The van der Waals surface area contributed by atoms with E-state index in [1.54, 1.807) is 0 Å². The number of benzene rings is 2. The second kappa shape index (κ2) is 13.5. The molecule has 0 heterocycles. The third-order valence-electron chi connectivity index (χ3n) is 2.85. The van der Waals surface area contributed by atoms with Gasteiger partial charge in [0, 0.05) is 24.3 Å². The molecule has 0 aliphatic heterocycles. The highest BCUT2D eigenvalue weighted by Gasteiger charge is 2.11. The Morgan fingerprint density at radius 3 is 1.79 bits per heavy atom. The quantitative estimate of drug-likeness (QED) is 0.390. The van der Waals surface area contributed by atoms with Gasteiger partial charge in [0.1, 0.15) is 34.6 Å². The van der Waals surface area contributed by atoms with E-state index in [0.717, 1.165) is 18.2 Å². The molecular formula is C16H14BBr3F2O6. The fourth-order valence-corrected chi connectivity index (χ4v) is 1.68. The number of methoxy groups -OCH3 is 2. The second-order valence-corrected chi connectivity index (χ2v) is 11.0. The summed E-state index contributed by atoms with van der Waals surface area (Å²) in [5, 5.41) is 17.5. The number of carbonyl (C=O) groups excluding carboxylic acids is 2. The fourth-order valence-electron chi connectivity index (χ4n) is 1.68. The zero-order valence-corrected chi connectivity index (χ0v) is 19.2. The highest BCUT2D eigenvalue weighted by molar-refractivity contribution is 9.69. The van der Waals surface area contributed by atoms with Crippen LogP contribution in [0.25, 0.3) is 0 Å². The number of halogens is 5. The Kier molecular flexibility index (Phi) is 12.7. The van der Waals surface area contributed by atoms with Crippen LogP contribution in [0.3, 0.4) is 0 Å². The lowest BCUT2D eigenvalue weighted by Gasteiger charge is -2.06. The van der Waals surface area contributed by atoms with Crippen LogP contribution in [0.4, 0.5) is 8.78 Å². The summed E-state index contributed by atoms with van der Waals surface area (Å²) >= 11 is 9.31. The number of rotatable bonds is 4. The van der Waals surface area contributed by atoms with Crippen molar-refractivity contribution in [1.82, 2.24) is 0 Å². The van der Waals surface area contributed by atoms with Gasteiger partial charge >= 0.3 is 3.18 Å². The number of hydrogen-bond acceptors (Lipinski definition) is 6. The molecule has 152 valence electrons. The zero-order valence-electron chi connectivity index (χ0n) is 14.5. The molecule has 0 atom stereocenters. The molecule has 0 amide bonds. The maximum Gasteiger partial charge on any atom is 0.369 e. The maximum atomic E-state index is 13.1. The summed E-state index contributed by atoms with van der Waals surface area (Å²) < 4.78 is 35.5. The number of aldehydes is 2. The largest absolute Gasteiger partial charge is 0.508 e. The Bertz CT molecular complexity index is 782. The van der Waals surface area contributed by atoms with Crippen molar-refractivity contribution >= 4 is 63.0 Å². The molecule has 0 unspecified atom stereocenters. The average Bonchev–Trinajstić information content (AvgIpc) is 2.60.